The second kappa shape index (κ2) is 8.39. The van der Waals surface area contributed by atoms with E-state index in [1.54, 1.807) is 34.3 Å². The molecule has 164 valence electrons. The van der Waals surface area contributed by atoms with Crippen LogP contribution in [0.1, 0.15) is 33.6 Å². The van der Waals surface area contributed by atoms with Crippen LogP contribution in [0.5, 0.6) is 0 Å². The lowest BCUT2D eigenvalue weighted by atomic mass is 9.99. The summed E-state index contributed by atoms with van der Waals surface area (Å²) in [6.45, 7) is 0.872. The van der Waals surface area contributed by atoms with Gasteiger partial charge in [0.25, 0.3) is 11.5 Å². The summed E-state index contributed by atoms with van der Waals surface area (Å²) in [5.41, 5.74) is 3.87. The van der Waals surface area contributed by atoms with Crippen LogP contribution in [0.2, 0.25) is 0 Å². The highest BCUT2D eigenvalue weighted by atomic mass is 32.1. The van der Waals surface area contributed by atoms with Crippen LogP contribution in [0.3, 0.4) is 0 Å². The van der Waals surface area contributed by atoms with E-state index in [1.165, 1.54) is 4.88 Å². The summed E-state index contributed by atoms with van der Waals surface area (Å²) in [5, 5.41) is 2.05. The highest BCUT2D eigenvalue weighted by Gasteiger charge is 2.37. The number of aryl methyl sites for hydroxylation is 2. The molecule has 3 aromatic rings. The van der Waals surface area contributed by atoms with Gasteiger partial charge in [0.2, 0.25) is 5.91 Å². The maximum atomic E-state index is 13.4. The molecule has 2 aromatic heterocycles. The van der Waals surface area contributed by atoms with E-state index in [2.05, 4.69) is 23.2 Å². The number of aromatic amines is 1. The Morgan fingerprint density at radius 1 is 1.12 bits per heavy atom. The average molecular weight is 448 g/mol. The summed E-state index contributed by atoms with van der Waals surface area (Å²) >= 11 is 1.68. The minimum atomic E-state index is -0.624. The molecule has 7 heteroatoms. The van der Waals surface area contributed by atoms with Gasteiger partial charge in [-0.25, -0.2) is 0 Å². The third-order valence-electron chi connectivity index (χ3n) is 6.48. The van der Waals surface area contributed by atoms with Gasteiger partial charge in [0.05, 0.1) is 0 Å². The summed E-state index contributed by atoms with van der Waals surface area (Å²) in [7, 11) is 1.76. The Morgan fingerprint density at radius 3 is 2.69 bits per heavy atom. The molecule has 32 heavy (non-hydrogen) atoms. The van der Waals surface area contributed by atoms with Gasteiger partial charge in [-0.2, -0.15) is 0 Å². The van der Waals surface area contributed by atoms with Crippen molar-refractivity contribution in [3.63, 3.8) is 0 Å². The molecule has 1 fully saturated rings. The second-order valence-electron chi connectivity index (χ2n) is 8.52. The number of fused-ring (bicyclic) bond motifs is 1. The van der Waals surface area contributed by atoms with E-state index in [-0.39, 0.29) is 22.9 Å². The van der Waals surface area contributed by atoms with Gasteiger partial charge in [-0.05, 0) is 53.5 Å². The Morgan fingerprint density at radius 2 is 1.94 bits per heavy atom. The Bertz CT molecular complexity index is 1210. The van der Waals surface area contributed by atoms with Gasteiger partial charge < -0.3 is 14.8 Å². The SMILES string of the molecule is CN1CCN(C(=O)c2cc3c([nH]c2=O)CCC3)[C@H](Cc2ccc(-c3cccs3)cc2)C1=O. The number of aromatic nitrogens is 1. The van der Waals surface area contributed by atoms with Crippen LogP contribution in [-0.4, -0.2) is 52.8 Å². The molecule has 0 spiro atoms. The van der Waals surface area contributed by atoms with E-state index in [4.69, 9.17) is 0 Å². The van der Waals surface area contributed by atoms with Gasteiger partial charge >= 0.3 is 0 Å². The number of benzene rings is 1. The zero-order chi connectivity index (χ0) is 22.2. The highest BCUT2D eigenvalue weighted by Crippen LogP contribution is 2.26. The summed E-state index contributed by atoms with van der Waals surface area (Å²) in [6.07, 6.45) is 3.12. The van der Waals surface area contributed by atoms with Crippen LogP contribution in [0.4, 0.5) is 0 Å². The lowest BCUT2D eigenvalue weighted by Gasteiger charge is -2.39. The molecule has 1 aliphatic carbocycles. The molecule has 6 nitrogen and oxygen atoms in total. The maximum Gasteiger partial charge on any atom is 0.261 e. The van der Waals surface area contributed by atoms with Crippen LogP contribution >= 0.6 is 11.3 Å². The van der Waals surface area contributed by atoms with E-state index in [9.17, 15) is 14.4 Å². The zero-order valence-corrected chi connectivity index (χ0v) is 18.8. The highest BCUT2D eigenvalue weighted by molar-refractivity contribution is 7.13. The Hall–Kier alpha value is -3.19. The Kier molecular flexibility index (Phi) is 5.43. The van der Waals surface area contributed by atoms with Crippen molar-refractivity contribution in [1.29, 1.82) is 0 Å². The molecule has 3 heterocycles. The monoisotopic (exact) mass is 447 g/mol. The van der Waals surface area contributed by atoms with E-state index in [0.717, 1.165) is 41.6 Å². The smallest absolute Gasteiger partial charge is 0.261 e. The van der Waals surface area contributed by atoms with E-state index in [0.29, 0.717) is 19.5 Å². The fraction of sp³-hybridized carbons (Fsp3) is 0.320. The number of hydrogen-bond donors (Lipinski definition) is 1. The number of rotatable bonds is 4. The molecule has 0 unspecified atom stereocenters. The van der Waals surface area contributed by atoms with Crippen molar-refractivity contribution in [2.45, 2.75) is 31.7 Å². The number of carbonyl (C=O) groups is 2. The standard InChI is InChI=1S/C25H25N3O3S/c1-27-11-12-28(24(30)19-15-18-4-2-5-20(18)26-23(19)29)21(25(27)31)14-16-7-9-17(10-8-16)22-6-3-13-32-22/h3,6-10,13,15,21H,2,4-5,11-12,14H2,1H3,(H,26,29)/t21-/m1/s1. The molecule has 1 atom stereocenters. The summed E-state index contributed by atoms with van der Waals surface area (Å²) in [6, 6.07) is 13.3. The molecular weight excluding hydrogens is 422 g/mol. The number of nitrogens with one attached hydrogen (secondary N) is 1. The third kappa shape index (κ3) is 3.77. The summed E-state index contributed by atoms with van der Waals surface area (Å²) in [4.78, 5) is 46.4. The number of nitrogens with zero attached hydrogens (tertiary/aromatic N) is 2. The normalized spacial score (nSPS) is 18.2. The molecule has 0 radical (unpaired) electrons. The van der Waals surface area contributed by atoms with Crippen molar-refractivity contribution in [1.82, 2.24) is 14.8 Å². The summed E-state index contributed by atoms with van der Waals surface area (Å²) in [5.74, 6) is -0.452. The molecule has 0 bridgehead atoms. The number of hydrogen-bond acceptors (Lipinski definition) is 4. The third-order valence-corrected chi connectivity index (χ3v) is 7.40. The van der Waals surface area contributed by atoms with Crippen LogP contribution < -0.4 is 5.56 Å². The molecule has 5 rings (SSSR count). The van der Waals surface area contributed by atoms with Gasteiger partial charge in [0, 0.05) is 37.1 Å². The molecular formula is C25H25N3O3S. The number of amides is 2. The number of pyridine rings is 1. The predicted molar refractivity (Wildman–Crippen MR) is 125 cm³/mol. The fourth-order valence-electron chi connectivity index (χ4n) is 4.65. The first-order valence-electron chi connectivity index (χ1n) is 10.9. The number of H-pyrrole nitrogens is 1. The molecule has 1 aromatic carbocycles. The Balaban J connectivity index is 1.42. The number of carbonyl (C=O) groups excluding carboxylic acids is 2. The predicted octanol–water partition coefficient (Wildman–Crippen LogP) is 3.12. The molecule has 1 N–H and O–H groups in total. The van der Waals surface area contributed by atoms with Crippen molar-refractivity contribution in [3.05, 3.63) is 80.6 Å². The van der Waals surface area contributed by atoms with Crippen LogP contribution in [0.25, 0.3) is 10.4 Å². The lowest BCUT2D eigenvalue weighted by molar-refractivity contribution is -0.138. The van der Waals surface area contributed by atoms with Gasteiger partial charge in [-0.1, -0.05) is 30.3 Å². The van der Waals surface area contributed by atoms with Gasteiger partial charge in [0.1, 0.15) is 11.6 Å². The van der Waals surface area contributed by atoms with Crippen LogP contribution in [-0.2, 0) is 24.1 Å². The fourth-order valence-corrected chi connectivity index (χ4v) is 5.38. The molecule has 2 aliphatic rings. The minimum absolute atomic E-state index is 0.0930. The van der Waals surface area contributed by atoms with Gasteiger partial charge in [-0.15, -0.1) is 11.3 Å². The van der Waals surface area contributed by atoms with Gasteiger partial charge in [-0.3, -0.25) is 14.4 Å². The first kappa shape index (κ1) is 20.7. The quantitative estimate of drug-likeness (QED) is 0.668. The second-order valence-corrected chi connectivity index (χ2v) is 9.47. The lowest BCUT2D eigenvalue weighted by Crippen LogP contribution is -2.58. The first-order valence-corrected chi connectivity index (χ1v) is 11.8. The number of piperazine rings is 1. The van der Waals surface area contributed by atoms with Crippen molar-refractivity contribution >= 4 is 23.2 Å². The van der Waals surface area contributed by atoms with Crippen molar-refractivity contribution in [3.8, 4) is 10.4 Å². The maximum absolute atomic E-state index is 13.4. The average Bonchev–Trinajstić information content (AvgIpc) is 3.48. The molecule has 0 saturated carbocycles. The largest absolute Gasteiger partial charge is 0.342 e. The van der Waals surface area contributed by atoms with Crippen molar-refractivity contribution in [2.75, 3.05) is 20.1 Å². The topological polar surface area (TPSA) is 73.5 Å². The van der Waals surface area contributed by atoms with E-state index < -0.39 is 6.04 Å². The van der Waals surface area contributed by atoms with Crippen molar-refractivity contribution < 1.29 is 9.59 Å². The van der Waals surface area contributed by atoms with Crippen LogP contribution in [0, 0.1) is 0 Å². The van der Waals surface area contributed by atoms with Crippen molar-refractivity contribution in [2.24, 2.45) is 0 Å². The minimum Gasteiger partial charge on any atom is -0.342 e. The van der Waals surface area contributed by atoms with Gasteiger partial charge in [0.15, 0.2) is 0 Å². The molecule has 1 saturated heterocycles. The molecule has 1 aliphatic heterocycles. The first-order chi connectivity index (χ1) is 15.5. The zero-order valence-electron chi connectivity index (χ0n) is 18.0. The summed E-state index contributed by atoms with van der Waals surface area (Å²) < 4.78 is 0. The van der Waals surface area contributed by atoms with E-state index in [1.807, 2.05) is 23.6 Å². The molecule has 2 amide bonds. The number of likely N-dealkylation sites (N-methyl/N-ethyl adjacent to an activating group) is 1. The van der Waals surface area contributed by atoms with E-state index >= 15 is 0 Å². The van der Waals surface area contributed by atoms with Crippen LogP contribution in [0.15, 0.2) is 52.6 Å². The number of thiophene rings is 1. The Labute approximate surface area is 190 Å².